The molecule has 1 heterocycles. The van der Waals surface area contributed by atoms with Gasteiger partial charge in [0, 0.05) is 17.8 Å². The molecule has 0 atom stereocenters. The van der Waals surface area contributed by atoms with E-state index in [-0.39, 0.29) is 5.91 Å². The van der Waals surface area contributed by atoms with Gasteiger partial charge in [0.15, 0.2) is 11.5 Å². The molecule has 5 nitrogen and oxygen atoms in total. The van der Waals surface area contributed by atoms with Crippen LogP contribution in [0.25, 0.3) is 0 Å². The summed E-state index contributed by atoms with van der Waals surface area (Å²) in [5, 5.41) is 2.98. The lowest BCUT2D eigenvalue weighted by molar-refractivity contribution is 0.102. The van der Waals surface area contributed by atoms with Gasteiger partial charge >= 0.3 is 0 Å². The minimum Gasteiger partial charge on any atom is -0.493 e. The van der Waals surface area contributed by atoms with Crippen molar-refractivity contribution in [3.8, 4) is 11.5 Å². The molecular formula is C21H26N2O3. The topological polar surface area (TPSA) is 50.8 Å². The number of ether oxygens (including phenoxy) is 2. The number of carbonyl (C=O) groups excluding carboxylic acids is 1. The van der Waals surface area contributed by atoms with Gasteiger partial charge in [-0.15, -0.1) is 0 Å². The normalized spacial score (nSPS) is 14.2. The van der Waals surface area contributed by atoms with Crippen LogP contribution in [0.15, 0.2) is 42.5 Å². The molecule has 5 heteroatoms. The minimum absolute atomic E-state index is 0.160. The van der Waals surface area contributed by atoms with Crippen LogP contribution in [0, 0.1) is 0 Å². The second kappa shape index (κ2) is 8.72. The fourth-order valence-electron chi connectivity index (χ4n) is 3.24. The lowest BCUT2D eigenvalue weighted by atomic mass is 10.1. The van der Waals surface area contributed by atoms with E-state index in [0.29, 0.717) is 23.7 Å². The number of methoxy groups -OCH3 is 1. The van der Waals surface area contributed by atoms with Crippen molar-refractivity contribution in [1.82, 2.24) is 4.90 Å². The first-order valence-electron chi connectivity index (χ1n) is 9.13. The van der Waals surface area contributed by atoms with Gasteiger partial charge in [-0.3, -0.25) is 9.69 Å². The van der Waals surface area contributed by atoms with Gasteiger partial charge in [0.25, 0.3) is 5.91 Å². The third-order valence-corrected chi connectivity index (χ3v) is 4.52. The van der Waals surface area contributed by atoms with Gasteiger partial charge in [0.1, 0.15) is 0 Å². The fraction of sp³-hybridized carbons (Fsp3) is 0.381. The summed E-state index contributed by atoms with van der Waals surface area (Å²) in [5.41, 5.74) is 2.56. The maximum Gasteiger partial charge on any atom is 0.255 e. The second-order valence-electron chi connectivity index (χ2n) is 6.44. The number of hydrogen-bond acceptors (Lipinski definition) is 4. The molecule has 0 aliphatic carbocycles. The molecule has 3 rings (SSSR count). The molecule has 0 bridgehead atoms. The molecule has 1 aliphatic heterocycles. The van der Waals surface area contributed by atoms with E-state index in [1.807, 2.05) is 25.1 Å². The standard InChI is InChI=1S/C21H26N2O3/c1-3-26-20-14-17(9-10-19(20)25-2)21(24)22-18-8-6-7-16(13-18)15-23-11-4-5-12-23/h6-10,13-14H,3-5,11-12,15H2,1-2H3,(H,22,24). The zero-order valence-electron chi connectivity index (χ0n) is 15.5. The molecule has 1 amide bonds. The van der Waals surface area contributed by atoms with Crippen LogP contribution in [0.3, 0.4) is 0 Å². The molecule has 0 radical (unpaired) electrons. The smallest absolute Gasteiger partial charge is 0.255 e. The quantitative estimate of drug-likeness (QED) is 0.818. The van der Waals surface area contributed by atoms with Crippen LogP contribution in [0.1, 0.15) is 35.7 Å². The first-order chi connectivity index (χ1) is 12.7. The van der Waals surface area contributed by atoms with Gasteiger partial charge in [-0.1, -0.05) is 12.1 Å². The third-order valence-electron chi connectivity index (χ3n) is 4.52. The number of nitrogens with one attached hydrogen (secondary N) is 1. The average Bonchev–Trinajstić information content (AvgIpc) is 3.15. The predicted molar refractivity (Wildman–Crippen MR) is 103 cm³/mol. The highest BCUT2D eigenvalue weighted by molar-refractivity contribution is 6.04. The van der Waals surface area contributed by atoms with E-state index < -0.39 is 0 Å². The zero-order chi connectivity index (χ0) is 18.4. The molecular weight excluding hydrogens is 328 g/mol. The highest BCUT2D eigenvalue weighted by atomic mass is 16.5. The van der Waals surface area contributed by atoms with Crippen molar-refractivity contribution in [2.75, 3.05) is 32.1 Å². The zero-order valence-corrected chi connectivity index (χ0v) is 15.5. The lowest BCUT2D eigenvalue weighted by Crippen LogP contribution is -2.18. The van der Waals surface area contributed by atoms with Crippen molar-refractivity contribution in [2.24, 2.45) is 0 Å². The van der Waals surface area contributed by atoms with Crippen molar-refractivity contribution in [1.29, 1.82) is 0 Å². The van der Waals surface area contributed by atoms with E-state index >= 15 is 0 Å². The molecule has 0 saturated carbocycles. The molecule has 1 fully saturated rings. The summed E-state index contributed by atoms with van der Waals surface area (Å²) >= 11 is 0. The largest absolute Gasteiger partial charge is 0.493 e. The van der Waals surface area contributed by atoms with Gasteiger partial charge in [-0.2, -0.15) is 0 Å². The number of amides is 1. The van der Waals surface area contributed by atoms with E-state index in [9.17, 15) is 4.79 Å². The molecule has 2 aromatic carbocycles. The number of carbonyl (C=O) groups is 1. The van der Waals surface area contributed by atoms with E-state index in [1.165, 1.54) is 18.4 Å². The molecule has 0 unspecified atom stereocenters. The minimum atomic E-state index is -0.160. The van der Waals surface area contributed by atoms with E-state index in [0.717, 1.165) is 25.3 Å². The number of rotatable bonds is 7. The molecule has 2 aromatic rings. The Kier molecular flexibility index (Phi) is 6.12. The second-order valence-corrected chi connectivity index (χ2v) is 6.44. The molecule has 0 aromatic heterocycles. The van der Waals surface area contributed by atoms with Crippen LogP contribution in [-0.2, 0) is 6.54 Å². The number of benzene rings is 2. The van der Waals surface area contributed by atoms with Crippen LogP contribution in [0.2, 0.25) is 0 Å². The Morgan fingerprint density at radius 2 is 1.92 bits per heavy atom. The number of hydrogen-bond donors (Lipinski definition) is 1. The van der Waals surface area contributed by atoms with E-state index in [4.69, 9.17) is 9.47 Å². The Hall–Kier alpha value is -2.53. The van der Waals surface area contributed by atoms with Crippen LogP contribution >= 0.6 is 0 Å². The summed E-state index contributed by atoms with van der Waals surface area (Å²) in [6, 6.07) is 13.3. The lowest BCUT2D eigenvalue weighted by Gasteiger charge is -2.15. The van der Waals surface area contributed by atoms with Crippen molar-refractivity contribution in [3.05, 3.63) is 53.6 Å². The van der Waals surface area contributed by atoms with Crippen molar-refractivity contribution in [2.45, 2.75) is 26.3 Å². The average molecular weight is 354 g/mol. The maximum absolute atomic E-state index is 12.6. The molecule has 26 heavy (non-hydrogen) atoms. The number of nitrogens with zero attached hydrogens (tertiary/aromatic N) is 1. The monoisotopic (exact) mass is 354 g/mol. The van der Waals surface area contributed by atoms with Gasteiger partial charge in [0.05, 0.1) is 13.7 Å². The first kappa shape index (κ1) is 18.3. The number of likely N-dealkylation sites (tertiary alicyclic amines) is 1. The van der Waals surface area contributed by atoms with Crippen molar-refractivity contribution < 1.29 is 14.3 Å². The van der Waals surface area contributed by atoms with Crippen molar-refractivity contribution in [3.63, 3.8) is 0 Å². The highest BCUT2D eigenvalue weighted by Gasteiger charge is 2.14. The van der Waals surface area contributed by atoms with Crippen molar-refractivity contribution >= 4 is 11.6 Å². The maximum atomic E-state index is 12.6. The summed E-state index contributed by atoms with van der Waals surface area (Å²) in [4.78, 5) is 15.1. The number of anilines is 1. The van der Waals surface area contributed by atoms with E-state index in [1.54, 1.807) is 25.3 Å². The predicted octanol–water partition coefficient (Wildman–Crippen LogP) is 3.94. The Morgan fingerprint density at radius 3 is 2.65 bits per heavy atom. The SMILES string of the molecule is CCOc1cc(C(=O)Nc2cccc(CN3CCCC3)c2)ccc1OC. The summed E-state index contributed by atoms with van der Waals surface area (Å²) in [5.74, 6) is 1.04. The summed E-state index contributed by atoms with van der Waals surface area (Å²) < 4.78 is 10.8. The van der Waals surface area contributed by atoms with Gasteiger partial charge < -0.3 is 14.8 Å². The molecule has 0 spiro atoms. The Morgan fingerprint density at radius 1 is 1.12 bits per heavy atom. The fourth-order valence-corrected chi connectivity index (χ4v) is 3.24. The van der Waals surface area contributed by atoms with Crippen LogP contribution < -0.4 is 14.8 Å². The van der Waals surface area contributed by atoms with Crippen LogP contribution in [0.5, 0.6) is 11.5 Å². The summed E-state index contributed by atoms with van der Waals surface area (Å²) in [6.45, 7) is 5.66. The van der Waals surface area contributed by atoms with Gasteiger partial charge in [-0.25, -0.2) is 0 Å². The highest BCUT2D eigenvalue weighted by Crippen LogP contribution is 2.28. The Labute approximate surface area is 154 Å². The Bertz CT molecular complexity index is 755. The van der Waals surface area contributed by atoms with Gasteiger partial charge in [-0.05, 0) is 68.8 Å². The molecule has 1 N–H and O–H groups in total. The third kappa shape index (κ3) is 4.55. The molecule has 138 valence electrons. The van der Waals surface area contributed by atoms with E-state index in [2.05, 4.69) is 16.3 Å². The molecule has 1 saturated heterocycles. The first-order valence-corrected chi connectivity index (χ1v) is 9.13. The van der Waals surface area contributed by atoms with Crippen LogP contribution in [-0.4, -0.2) is 37.6 Å². The van der Waals surface area contributed by atoms with Crippen LogP contribution in [0.4, 0.5) is 5.69 Å². The summed E-state index contributed by atoms with van der Waals surface area (Å²) in [6.07, 6.45) is 2.55. The van der Waals surface area contributed by atoms with Gasteiger partial charge in [0.2, 0.25) is 0 Å². The summed E-state index contributed by atoms with van der Waals surface area (Å²) in [7, 11) is 1.59. The Balaban J connectivity index is 1.70. The molecule has 1 aliphatic rings.